The Morgan fingerprint density at radius 1 is 1.79 bits per heavy atom. The lowest BCUT2D eigenvalue weighted by Crippen LogP contribution is -2.29. The highest BCUT2D eigenvalue weighted by atomic mass is 79.9. The molecule has 0 radical (unpaired) electrons. The molecule has 2 rings (SSSR count). The Morgan fingerprint density at radius 2 is 2.43 bits per heavy atom. The molecule has 0 saturated heterocycles. The van der Waals surface area contributed by atoms with Crippen molar-refractivity contribution in [2.75, 3.05) is 7.11 Å². The van der Waals surface area contributed by atoms with E-state index in [1.165, 1.54) is 18.0 Å². The van der Waals surface area contributed by atoms with Crippen LogP contribution in [0.2, 0.25) is 0 Å². The molecule has 14 heavy (non-hydrogen) atoms. The predicted molar refractivity (Wildman–Crippen MR) is 49.1 cm³/mol. The Labute approximate surface area is 88.2 Å². The first kappa shape index (κ1) is 9.64. The number of aromatic nitrogens is 2. The molecule has 0 unspecified atom stereocenters. The van der Waals surface area contributed by atoms with Gasteiger partial charge in [0.15, 0.2) is 16.0 Å². The molecule has 0 aromatic carbocycles. The summed E-state index contributed by atoms with van der Waals surface area (Å²) in [4.78, 5) is 11.4. The second-order valence-corrected chi connectivity index (χ2v) is 3.99. The molecule has 1 aromatic heterocycles. The smallest absolute Gasteiger partial charge is 0.333 e. The van der Waals surface area contributed by atoms with Crippen LogP contribution in [0.4, 0.5) is 4.39 Å². The van der Waals surface area contributed by atoms with Crippen LogP contribution in [0.1, 0.15) is 12.8 Å². The maximum absolute atomic E-state index is 13.0. The predicted octanol–water partition coefficient (Wildman–Crippen LogP) is 1.45. The van der Waals surface area contributed by atoms with Gasteiger partial charge in [-0.05, 0) is 28.8 Å². The summed E-state index contributed by atoms with van der Waals surface area (Å²) in [7, 11) is 1.32. The highest BCUT2D eigenvalue weighted by Crippen LogP contribution is 2.44. The summed E-state index contributed by atoms with van der Waals surface area (Å²) in [5.74, 6) is -0.840. The van der Waals surface area contributed by atoms with Crippen LogP contribution in [-0.4, -0.2) is 22.9 Å². The first-order valence-corrected chi connectivity index (χ1v) is 4.89. The molecule has 1 heterocycles. The van der Waals surface area contributed by atoms with Crippen molar-refractivity contribution in [3.8, 4) is 0 Å². The Bertz CT molecular complexity index is 367. The van der Waals surface area contributed by atoms with Gasteiger partial charge in [-0.25, -0.2) is 9.18 Å². The molecule has 0 amide bonds. The standard InChI is InChI=1S/C8H8BrFN2O2/c1-14-7(13)8(2-3-8)12-4-5(10)6(9)11-12/h4H,2-3H2,1H3. The summed E-state index contributed by atoms with van der Waals surface area (Å²) >= 11 is 2.95. The van der Waals surface area contributed by atoms with E-state index in [-0.39, 0.29) is 10.6 Å². The maximum atomic E-state index is 13.0. The highest BCUT2D eigenvalue weighted by Gasteiger charge is 2.54. The van der Waals surface area contributed by atoms with Crippen molar-refractivity contribution < 1.29 is 13.9 Å². The van der Waals surface area contributed by atoms with Crippen molar-refractivity contribution in [1.82, 2.24) is 9.78 Å². The number of halogens is 2. The van der Waals surface area contributed by atoms with Crippen LogP contribution in [0, 0.1) is 5.82 Å². The average Bonchev–Trinajstić information content (AvgIpc) is 2.90. The van der Waals surface area contributed by atoms with Gasteiger partial charge >= 0.3 is 5.97 Å². The zero-order valence-corrected chi connectivity index (χ0v) is 9.04. The fourth-order valence-corrected chi connectivity index (χ4v) is 1.66. The minimum Gasteiger partial charge on any atom is -0.467 e. The van der Waals surface area contributed by atoms with Crippen LogP contribution < -0.4 is 0 Å². The van der Waals surface area contributed by atoms with E-state index in [9.17, 15) is 9.18 Å². The van der Waals surface area contributed by atoms with Gasteiger partial charge in [0.1, 0.15) is 0 Å². The summed E-state index contributed by atoms with van der Waals surface area (Å²) in [5, 5.41) is 3.87. The summed E-state index contributed by atoms with van der Waals surface area (Å²) in [6, 6.07) is 0. The van der Waals surface area contributed by atoms with Crippen LogP contribution in [0.3, 0.4) is 0 Å². The van der Waals surface area contributed by atoms with Gasteiger partial charge in [0.05, 0.1) is 13.3 Å². The number of hydrogen-bond donors (Lipinski definition) is 0. The Morgan fingerprint density at radius 3 is 2.79 bits per heavy atom. The molecule has 1 aliphatic rings. The zero-order valence-electron chi connectivity index (χ0n) is 7.46. The fraction of sp³-hybridized carbons (Fsp3) is 0.500. The highest BCUT2D eigenvalue weighted by molar-refractivity contribution is 9.10. The molecule has 6 heteroatoms. The normalized spacial score (nSPS) is 17.9. The first-order valence-electron chi connectivity index (χ1n) is 4.10. The topological polar surface area (TPSA) is 44.1 Å². The van der Waals surface area contributed by atoms with E-state index in [1.54, 1.807) is 0 Å². The molecule has 76 valence electrons. The molecular formula is C8H8BrFN2O2. The molecule has 0 N–H and O–H groups in total. The van der Waals surface area contributed by atoms with E-state index >= 15 is 0 Å². The molecule has 4 nitrogen and oxygen atoms in total. The molecule has 1 saturated carbocycles. The molecule has 0 aliphatic heterocycles. The molecule has 1 aliphatic carbocycles. The summed E-state index contributed by atoms with van der Waals surface area (Å²) in [5.41, 5.74) is -0.762. The molecule has 0 atom stereocenters. The third-order valence-corrected chi connectivity index (χ3v) is 2.89. The first-order chi connectivity index (χ1) is 6.60. The van der Waals surface area contributed by atoms with Crippen molar-refractivity contribution in [3.63, 3.8) is 0 Å². The van der Waals surface area contributed by atoms with Crippen LogP contribution >= 0.6 is 15.9 Å². The lowest BCUT2D eigenvalue weighted by atomic mass is 10.3. The van der Waals surface area contributed by atoms with E-state index < -0.39 is 11.4 Å². The van der Waals surface area contributed by atoms with Gasteiger partial charge in [-0.2, -0.15) is 5.10 Å². The number of ether oxygens (including phenoxy) is 1. The monoisotopic (exact) mass is 262 g/mol. The molecular weight excluding hydrogens is 255 g/mol. The summed E-state index contributed by atoms with van der Waals surface area (Å²) < 4.78 is 19.1. The molecule has 0 spiro atoms. The van der Waals surface area contributed by atoms with Crippen LogP contribution in [0.5, 0.6) is 0 Å². The Hall–Kier alpha value is -0.910. The van der Waals surface area contributed by atoms with E-state index in [4.69, 9.17) is 0 Å². The van der Waals surface area contributed by atoms with Gasteiger partial charge in [-0.1, -0.05) is 0 Å². The second kappa shape index (κ2) is 3.05. The van der Waals surface area contributed by atoms with Crippen molar-refractivity contribution in [3.05, 3.63) is 16.6 Å². The van der Waals surface area contributed by atoms with Crippen LogP contribution in [0.15, 0.2) is 10.8 Å². The quantitative estimate of drug-likeness (QED) is 0.758. The molecule has 1 fully saturated rings. The largest absolute Gasteiger partial charge is 0.467 e. The summed E-state index contributed by atoms with van der Waals surface area (Å²) in [6.45, 7) is 0. The van der Waals surface area contributed by atoms with Gasteiger partial charge in [-0.3, -0.25) is 4.68 Å². The van der Waals surface area contributed by atoms with E-state index in [2.05, 4.69) is 25.8 Å². The Balaban J connectivity index is 2.35. The number of esters is 1. The third-order valence-electron chi connectivity index (χ3n) is 2.36. The van der Waals surface area contributed by atoms with E-state index in [0.29, 0.717) is 12.8 Å². The number of nitrogens with zero attached hydrogens (tertiary/aromatic N) is 2. The number of hydrogen-bond acceptors (Lipinski definition) is 3. The fourth-order valence-electron chi connectivity index (χ4n) is 1.39. The van der Waals surface area contributed by atoms with Gasteiger partial charge < -0.3 is 4.74 Å². The van der Waals surface area contributed by atoms with Crippen molar-refractivity contribution in [2.45, 2.75) is 18.4 Å². The minimum atomic E-state index is -0.762. The molecule has 1 aromatic rings. The van der Waals surface area contributed by atoms with Crippen molar-refractivity contribution in [2.24, 2.45) is 0 Å². The average molecular weight is 263 g/mol. The van der Waals surface area contributed by atoms with Gasteiger partial charge in [0, 0.05) is 0 Å². The maximum Gasteiger partial charge on any atom is 0.333 e. The van der Waals surface area contributed by atoms with Crippen molar-refractivity contribution in [1.29, 1.82) is 0 Å². The number of rotatable bonds is 2. The number of carbonyl (C=O) groups is 1. The van der Waals surface area contributed by atoms with Gasteiger partial charge in [0.25, 0.3) is 0 Å². The van der Waals surface area contributed by atoms with E-state index in [1.807, 2.05) is 0 Å². The lowest BCUT2D eigenvalue weighted by molar-refractivity contribution is -0.146. The lowest BCUT2D eigenvalue weighted by Gasteiger charge is -2.12. The third kappa shape index (κ3) is 1.25. The zero-order chi connectivity index (χ0) is 10.3. The van der Waals surface area contributed by atoms with Crippen molar-refractivity contribution >= 4 is 21.9 Å². The van der Waals surface area contributed by atoms with Gasteiger partial charge in [-0.15, -0.1) is 0 Å². The number of carbonyl (C=O) groups excluding carboxylic acids is 1. The second-order valence-electron chi connectivity index (χ2n) is 3.24. The molecule has 0 bridgehead atoms. The van der Waals surface area contributed by atoms with Crippen LogP contribution in [-0.2, 0) is 15.1 Å². The number of methoxy groups -OCH3 is 1. The Kier molecular flexibility index (Phi) is 2.10. The van der Waals surface area contributed by atoms with Gasteiger partial charge in [0.2, 0.25) is 0 Å². The summed E-state index contributed by atoms with van der Waals surface area (Å²) in [6.07, 6.45) is 2.49. The van der Waals surface area contributed by atoms with E-state index in [0.717, 1.165) is 0 Å². The SMILES string of the molecule is COC(=O)C1(n2cc(F)c(Br)n2)CC1. The van der Waals surface area contributed by atoms with Crippen LogP contribution in [0.25, 0.3) is 0 Å². The minimum absolute atomic E-state index is 0.118.